The van der Waals surface area contributed by atoms with Crippen molar-refractivity contribution in [1.29, 1.82) is 0 Å². The van der Waals surface area contributed by atoms with Crippen LogP contribution in [0, 0.1) is 5.92 Å². The van der Waals surface area contributed by atoms with Crippen molar-refractivity contribution in [2.24, 2.45) is 5.92 Å². The van der Waals surface area contributed by atoms with Gasteiger partial charge in [0.15, 0.2) is 0 Å². The Bertz CT molecular complexity index is 457. The van der Waals surface area contributed by atoms with Crippen molar-refractivity contribution in [3.05, 3.63) is 28.5 Å². The molecule has 2 aliphatic heterocycles. The van der Waals surface area contributed by atoms with Gasteiger partial charge >= 0.3 is 0 Å². The lowest BCUT2D eigenvalue weighted by atomic mass is 9.98. The molecule has 0 amide bonds. The van der Waals surface area contributed by atoms with E-state index in [1.54, 1.807) is 0 Å². The molecule has 0 N–H and O–H groups in total. The van der Waals surface area contributed by atoms with E-state index in [1.165, 1.54) is 29.6 Å². The fraction of sp³-hybridized carbons (Fsp3) is 0.643. The Balaban J connectivity index is 1.92. The van der Waals surface area contributed by atoms with Gasteiger partial charge in [0.2, 0.25) is 0 Å². The fourth-order valence-electron chi connectivity index (χ4n) is 4.02. The third-order valence-corrected chi connectivity index (χ3v) is 7.73. The zero-order valence-corrected chi connectivity index (χ0v) is 13.9. The highest BCUT2D eigenvalue weighted by Gasteiger charge is 2.52. The van der Waals surface area contributed by atoms with Gasteiger partial charge in [0.25, 0.3) is 0 Å². The first-order chi connectivity index (χ1) is 8.48. The summed E-state index contributed by atoms with van der Waals surface area (Å²) in [5.41, 5.74) is 2.11. The minimum absolute atomic E-state index is 0.552. The Morgan fingerprint density at radius 3 is 2.78 bits per heavy atom. The van der Waals surface area contributed by atoms with Gasteiger partial charge in [-0.2, -0.15) is 0 Å². The largest absolute Gasteiger partial charge is 0.294 e. The summed E-state index contributed by atoms with van der Waals surface area (Å²) in [6.07, 6.45) is 4.64. The maximum absolute atomic E-state index is 4.62. The van der Waals surface area contributed by atoms with Crippen LogP contribution in [0.3, 0.4) is 0 Å². The van der Waals surface area contributed by atoms with Crippen LogP contribution in [0.5, 0.6) is 0 Å². The van der Waals surface area contributed by atoms with Crippen molar-refractivity contribution in [1.82, 2.24) is 9.88 Å². The fourth-order valence-corrected chi connectivity index (χ4v) is 7.56. The van der Waals surface area contributed by atoms with Gasteiger partial charge in [0.1, 0.15) is 0 Å². The molecule has 1 aromatic heterocycles. The molecular weight excluding hydrogens is 304 g/mol. The highest BCUT2D eigenvalue weighted by Crippen LogP contribution is 2.49. The molecule has 4 heteroatoms. The molecule has 0 spiro atoms. The number of aromatic nitrogens is 1. The predicted molar refractivity (Wildman–Crippen MR) is 81.2 cm³/mol. The Morgan fingerprint density at radius 2 is 2.17 bits per heavy atom. The molecule has 2 saturated heterocycles. The lowest BCUT2D eigenvalue weighted by molar-refractivity contribution is 0.245. The first-order valence-electron chi connectivity index (χ1n) is 6.84. The molecule has 2 fully saturated rings. The Morgan fingerprint density at radius 1 is 1.39 bits per heavy atom. The minimum Gasteiger partial charge on any atom is -0.294 e. The molecule has 2 nitrogen and oxygen atoms in total. The maximum atomic E-state index is 4.62. The summed E-state index contributed by atoms with van der Waals surface area (Å²) in [7, 11) is -1.10. The Kier molecular flexibility index (Phi) is 3.15. The molecule has 3 heterocycles. The van der Waals surface area contributed by atoms with E-state index in [0.717, 1.165) is 11.6 Å². The molecule has 0 aliphatic carbocycles. The number of piperidine rings is 1. The van der Waals surface area contributed by atoms with Crippen molar-refractivity contribution < 1.29 is 0 Å². The minimum atomic E-state index is -1.10. The van der Waals surface area contributed by atoms with Gasteiger partial charge in [-0.05, 0) is 53.4 Å². The Hall–Kier alpha value is -0.193. The van der Waals surface area contributed by atoms with Crippen LogP contribution in [0.2, 0.25) is 19.6 Å². The number of fused-ring (bicyclic) bond motifs is 2. The van der Waals surface area contributed by atoms with Gasteiger partial charge in [0, 0.05) is 16.3 Å². The van der Waals surface area contributed by atoms with E-state index in [4.69, 9.17) is 0 Å². The molecule has 4 unspecified atom stereocenters. The molecular formula is C14H21BrN2Si. The monoisotopic (exact) mass is 324 g/mol. The van der Waals surface area contributed by atoms with Crippen LogP contribution in [0.1, 0.15) is 24.6 Å². The Labute approximate surface area is 119 Å². The number of nitrogens with zero attached hydrogens (tertiary/aromatic N) is 2. The van der Waals surface area contributed by atoms with Gasteiger partial charge in [-0.3, -0.25) is 9.88 Å². The van der Waals surface area contributed by atoms with E-state index in [1.807, 2.05) is 12.3 Å². The highest BCUT2D eigenvalue weighted by molar-refractivity contribution is 9.10. The van der Waals surface area contributed by atoms with E-state index < -0.39 is 8.07 Å². The number of hydrogen-bond donors (Lipinski definition) is 0. The quantitative estimate of drug-likeness (QED) is 0.768. The lowest BCUT2D eigenvalue weighted by Gasteiger charge is -2.33. The summed E-state index contributed by atoms with van der Waals surface area (Å²) in [6, 6.07) is 4.68. The molecule has 0 radical (unpaired) electrons. The summed E-state index contributed by atoms with van der Waals surface area (Å²) in [4.78, 5) is 7.38. The first kappa shape index (κ1) is 12.8. The van der Waals surface area contributed by atoms with Crippen LogP contribution in [0.25, 0.3) is 0 Å². The van der Waals surface area contributed by atoms with Crippen molar-refractivity contribution in [3.63, 3.8) is 0 Å². The number of halogens is 1. The number of pyridine rings is 1. The van der Waals surface area contributed by atoms with E-state index in [2.05, 4.69) is 51.5 Å². The lowest BCUT2D eigenvalue weighted by Crippen LogP contribution is -2.46. The third kappa shape index (κ3) is 1.98. The second-order valence-electron chi connectivity index (χ2n) is 6.72. The van der Waals surface area contributed by atoms with Crippen molar-refractivity contribution in [2.75, 3.05) is 6.54 Å². The molecule has 4 atom stereocenters. The molecule has 3 rings (SSSR count). The van der Waals surface area contributed by atoms with Crippen LogP contribution in [-0.4, -0.2) is 30.2 Å². The second-order valence-corrected chi connectivity index (χ2v) is 12.9. The summed E-state index contributed by atoms with van der Waals surface area (Å²) in [5, 5.41) is 0. The topological polar surface area (TPSA) is 16.1 Å². The standard InChI is InChI=1S/C14H21BrN2Si/c1-18(2,3)14-10-6-8-17(14)12(9-10)13-11(15)5-4-7-16-13/h4-5,7,10,12,14H,6,8-9H2,1-3H3. The number of hydrogen-bond acceptors (Lipinski definition) is 2. The van der Waals surface area contributed by atoms with E-state index >= 15 is 0 Å². The smallest absolute Gasteiger partial charge is 0.0717 e. The van der Waals surface area contributed by atoms with Gasteiger partial charge in [0.05, 0.1) is 19.8 Å². The van der Waals surface area contributed by atoms with Crippen LogP contribution < -0.4 is 0 Å². The maximum Gasteiger partial charge on any atom is 0.0717 e. The SMILES string of the molecule is C[Si](C)(C)C1C2CCN1C(c1ncccc1Br)C2. The van der Waals surface area contributed by atoms with E-state index in [9.17, 15) is 0 Å². The molecule has 2 aliphatic rings. The van der Waals surface area contributed by atoms with Crippen molar-refractivity contribution >= 4 is 24.0 Å². The highest BCUT2D eigenvalue weighted by atomic mass is 79.9. The van der Waals surface area contributed by atoms with Gasteiger partial charge < -0.3 is 0 Å². The van der Waals surface area contributed by atoms with Crippen LogP contribution >= 0.6 is 15.9 Å². The molecule has 1 aromatic rings. The van der Waals surface area contributed by atoms with Crippen LogP contribution in [0.15, 0.2) is 22.8 Å². The van der Waals surface area contributed by atoms with Gasteiger partial charge in [-0.25, -0.2) is 0 Å². The van der Waals surface area contributed by atoms with Crippen LogP contribution in [-0.2, 0) is 0 Å². The van der Waals surface area contributed by atoms with Gasteiger partial charge in [-0.15, -0.1) is 0 Å². The average Bonchev–Trinajstić information content (AvgIpc) is 2.86. The van der Waals surface area contributed by atoms with Crippen molar-refractivity contribution in [2.45, 2.75) is 44.2 Å². The molecule has 18 heavy (non-hydrogen) atoms. The van der Waals surface area contributed by atoms with E-state index in [0.29, 0.717) is 6.04 Å². The molecule has 0 aromatic carbocycles. The first-order valence-corrected chi connectivity index (χ1v) is 11.2. The average molecular weight is 325 g/mol. The van der Waals surface area contributed by atoms with Gasteiger partial charge in [-0.1, -0.05) is 19.6 Å². The summed E-state index contributed by atoms with van der Waals surface area (Å²) >= 11 is 3.67. The molecule has 0 saturated carbocycles. The van der Waals surface area contributed by atoms with Crippen LogP contribution in [0.4, 0.5) is 0 Å². The zero-order chi connectivity index (χ0) is 12.9. The summed E-state index contributed by atoms with van der Waals surface area (Å²) in [6.45, 7) is 8.81. The normalized spacial score (nSPS) is 35.1. The predicted octanol–water partition coefficient (Wildman–Crippen LogP) is 3.86. The molecule has 98 valence electrons. The third-order valence-electron chi connectivity index (χ3n) is 4.48. The molecule has 2 bridgehead atoms. The zero-order valence-electron chi connectivity index (χ0n) is 11.4. The van der Waals surface area contributed by atoms with E-state index in [-0.39, 0.29) is 0 Å². The second kappa shape index (κ2) is 4.42. The summed E-state index contributed by atoms with van der Waals surface area (Å²) < 4.78 is 1.18. The van der Waals surface area contributed by atoms with Crippen molar-refractivity contribution in [3.8, 4) is 0 Å². The number of rotatable bonds is 2. The summed E-state index contributed by atoms with van der Waals surface area (Å²) in [5.74, 6) is 0.913.